The third-order valence-electron chi connectivity index (χ3n) is 6.71. The number of pyridine rings is 1. The van der Waals surface area contributed by atoms with Crippen molar-refractivity contribution >= 4 is 32.4 Å². The van der Waals surface area contributed by atoms with Crippen molar-refractivity contribution in [3.05, 3.63) is 46.4 Å². The molecule has 10 heteroatoms. The summed E-state index contributed by atoms with van der Waals surface area (Å²) in [4.78, 5) is 15.8. The number of aromatic amines is 1. The molecule has 1 aliphatic carbocycles. The third kappa shape index (κ3) is 3.34. The van der Waals surface area contributed by atoms with Crippen molar-refractivity contribution in [1.29, 1.82) is 5.26 Å². The van der Waals surface area contributed by atoms with Gasteiger partial charge in [0.25, 0.3) is 5.56 Å². The van der Waals surface area contributed by atoms with Gasteiger partial charge in [0.2, 0.25) is 10.0 Å². The molecule has 1 saturated carbocycles. The maximum absolute atomic E-state index is 12.8. The monoisotopic (exact) mass is 466 g/mol. The average molecular weight is 467 g/mol. The molecule has 0 unspecified atom stereocenters. The molecule has 0 atom stereocenters. The topological polar surface area (TPSA) is 124 Å². The van der Waals surface area contributed by atoms with Crippen LogP contribution in [-0.4, -0.2) is 33.5 Å². The van der Waals surface area contributed by atoms with Crippen LogP contribution in [0, 0.1) is 11.3 Å². The largest absolute Gasteiger partial charge is 0.338 e. The molecule has 0 bridgehead atoms. The van der Waals surface area contributed by atoms with Crippen LogP contribution in [-0.2, 0) is 22.1 Å². The number of hydrogen-bond acceptors (Lipinski definition) is 6. The van der Waals surface area contributed by atoms with Crippen LogP contribution in [0.3, 0.4) is 0 Å². The first kappa shape index (κ1) is 21.7. The Kier molecular flexibility index (Phi) is 5.06. The second-order valence-corrected chi connectivity index (χ2v) is 11.0. The first-order chi connectivity index (χ1) is 15.8. The summed E-state index contributed by atoms with van der Waals surface area (Å²) in [5.41, 5.74) is 0.874. The predicted molar refractivity (Wildman–Crippen MR) is 125 cm³/mol. The van der Waals surface area contributed by atoms with Gasteiger partial charge in [-0.2, -0.15) is 14.7 Å². The number of rotatable bonds is 4. The molecule has 0 spiro atoms. The van der Waals surface area contributed by atoms with Gasteiger partial charge in [-0.3, -0.25) is 4.79 Å². The summed E-state index contributed by atoms with van der Waals surface area (Å²) in [6, 6.07) is 9.17. The highest BCUT2D eigenvalue weighted by Crippen LogP contribution is 2.38. The molecule has 9 nitrogen and oxygen atoms in total. The van der Waals surface area contributed by atoms with Crippen LogP contribution in [0.25, 0.3) is 10.9 Å². The van der Waals surface area contributed by atoms with Crippen LogP contribution >= 0.6 is 0 Å². The van der Waals surface area contributed by atoms with E-state index in [4.69, 9.17) is 5.10 Å². The first-order valence-corrected chi connectivity index (χ1v) is 12.6. The van der Waals surface area contributed by atoms with E-state index in [1.807, 2.05) is 13.8 Å². The van der Waals surface area contributed by atoms with Gasteiger partial charge in [-0.25, -0.2) is 13.1 Å². The number of anilines is 2. The number of aromatic nitrogens is 3. The van der Waals surface area contributed by atoms with Gasteiger partial charge >= 0.3 is 0 Å². The minimum Gasteiger partial charge on any atom is -0.338 e. The molecule has 2 N–H and O–H groups in total. The second kappa shape index (κ2) is 7.71. The van der Waals surface area contributed by atoms with Crippen LogP contribution in [0.5, 0.6) is 0 Å². The summed E-state index contributed by atoms with van der Waals surface area (Å²) in [5, 5.41) is 18.4. The summed E-state index contributed by atoms with van der Waals surface area (Å²) in [7, 11) is -3.50. The Morgan fingerprint density at radius 1 is 1.21 bits per heavy atom. The van der Waals surface area contributed by atoms with E-state index in [-0.39, 0.29) is 11.6 Å². The summed E-state index contributed by atoms with van der Waals surface area (Å²) < 4.78 is 28.7. The fourth-order valence-corrected chi connectivity index (χ4v) is 6.82. The maximum atomic E-state index is 12.8. The van der Waals surface area contributed by atoms with E-state index in [9.17, 15) is 18.5 Å². The number of nitriles is 1. The zero-order valence-electron chi connectivity index (χ0n) is 18.6. The lowest BCUT2D eigenvalue weighted by Gasteiger charge is -2.31. The lowest BCUT2D eigenvalue weighted by atomic mass is 9.83. The molecule has 2 aliphatic rings. The van der Waals surface area contributed by atoms with Gasteiger partial charge in [0.05, 0.1) is 16.5 Å². The number of hydrogen-bond donors (Lipinski definition) is 2. The van der Waals surface area contributed by atoms with E-state index < -0.39 is 15.6 Å². The van der Waals surface area contributed by atoms with E-state index in [1.165, 1.54) is 4.31 Å². The van der Waals surface area contributed by atoms with Crippen molar-refractivity contribution in [3.63, 3.8) is 0 Å². The molecular formula is C23H26N6O3S. The predicted octanol–water partition coefficient (Wildman–Crippen LogP) is 3.56. The summed E-state index contributed by atoms with van der Waals surface area (Å²) in [6.45, 7) is 4.01. The van der Waals surface area contributed by atoms with E-state index in [0.29, 0.717) is 52.3 Å². The Morgan fingerprint density at radius 2 is 1.97 bits per heavy atom. The van der Waals surface area contributed by atoms with Gasteiger partial charge < -0.3 is 10.3 Å². The minimum atomic E-state index is -3.50. The van der Waals surface area contributed by atoms with Crippen LogP contribution < -0.4 is 10.9 Å². The fourth-order valence-electron chi connectivity index (χ4n) is 5.01. The molecule has 3 aromatic rings. The van der Waals surface area contributed by atoms with E-state index in [1.54, 1.807) is 35.1 Å². The highest BCUT2D eigenvalue weighted by molar-refractivity contribution is 7.89. The lowest BCUT2D eigenvalue weighted by Crippen LogP contribution is -2.35. The third-order valence-corrected chi connectivity index (χ3v) is 8.83. The molecular weight excluding hydrogens is 440 g/mol. The van der Waals surface area contributed by atoms with Crippen LogP contribution in [0.4, 0.5) is 11.5 Å². The zero-order chi connectivity index (χ0) is 23.4. The number of H-pyrrole nitrogens is 1. The SMILES string of the molecule is CC(C)N1Cc2cc(Nc3nn(C4(C#N)CCCCC4)c4cc[nH]c(=O)c34)ccc2S1(=O)=O. The van der Waals surface area contributed by atoms with Gasteiger partial charge in [-0.05, 0) is 69.4 Å². The Labute approximate surface area is 192 Å². The zero-order valence-corrected chi connectivity index (χ0v) is 19.4. The average Bonchev–Trinajstić information content (AvgIpc) is 3.30. The molecule has 5 rings (SSSR count). The highest BCUT2D eigenvalue weighted by Gasteiger charge is 2.38. The fraction of sp³-hybridized carbons (Fsp3) is 0.435. The molecule has 172 valence electrons. The number of sulfonamides is 1. The number of nitrogens with zero attached hydrogens (tertiary/aromatic N) is 4. The summed E-state index contributed by atoms with van der Waals surface area (Å²) in [5.74, 6) is 0.355. The number of benzene rings is 1. The second-order valence-electron chi connectivity index (χ2n) is 9.12. The smallest absolute Gasteiger partial charge is 0.261 e. The normalized spacial score (nSPS) is 19.5. The van der Waals surface area contributed by atoms with Crippen molar-refractivity contribution < 1.29 is 8.42 Å². The van der Waals surface area contributed by atoms with E-state index in [2.05, 4.69) is 16.4 Å². The number of fused-ring (bicyclic) bond motifs is 2. The number of nitrogens with one attached hydrogen (secondary N) is 2. The van der Waals surface area contributed by atoms with Crippen molar-refractivity contribution in [2.45, 2.75) is 69.0 Å². The van der Waals surface area contributed by atoms with Crippen molar-refractivity contribution in [2.24, 2.45) is 0 Å². The molecule has 1 aromatic carbocycles. The van der Waals surface area contributed by atoms with Crippen molar-refractivity contribution in [3.8, 4) is 6.07 Å². The van der Waals surface area contributed by atoms with Gasteiger partial charge in [-0.1, -0.05) is 6.42 Å². The molecule has 1 aliphatic heterocycles. The maximum Gasteiger partial charge on any atom is 0.261 e. The van der Waals surface area contributed by atoms with Gasteiger partial charge in [0.15, 0.2) is 5.82 Å². The molecule has 3 heterocycles. The Morgan fingerprint density at radius 3 is 2.67 bits per heavy atom. The Balaban J connectivity index is 1.59. The molecule has 0 radical (unpaired) electrons. The highest BCUT2D eigenvalue weighted by atomic mass is 32.2. The quantitative estimate of drug-likeness (QED) is 0.606. The summed E-state index contributed by atoms with van der Waals surface area (Å²) >= 11 is 0. The molecule has 0 amide bonds. The van der Waals surface area contributed by atoms with Crippen molar-refractivity contribution in [2.75, 3.05) is 5.32 Å². The van der Waals surface area contributed by atoms with Crippen LogP contribution in [0.1, 0.15) is 51.5 Å². The van der Waals surface area contributed by atoms with E-state index in [0.717, 1.165) is 19.3 Å². The minimum absolute atomic E-state index is 0.144. The van der Waals surface area contributed by atoms with E-state index >= 15 is 0 Å². The lowest BCUT2D eigenvalue weighted by molar-refractivity contribution is 0.252. The first-order valence-electron chi connectivity index (χ1n) is 11.2. The van der Waals surface area contributed by atoms with Crippen LogP contribution in [0.2, 0.25) is 0 Å². The van der Waals surface area contributed by atoms with Crippen LogP contribution in [0.15, 0.2) is 40.2 Å². The Bertz CT molecular complexity index is 1440. The van der Waals surface area contributed by atoms with Gasteiger partial charge in [0, 0.05) is 24.5 Å². The molecule has 2 aromatic heterocycles. The van der Waals surface area contributed by atoms with Crippen molar-refractivity contribution in [1.82, 2.24) is 19.1 Å². The molecule has 0 saturated heterocycles. The molecule has 33 heavy (non-hydrogen) atoms. The standard InChI is InChI=1S/C23H26N6O3S/c1-15(2)28-13-16-12-17(6-7-19(16)33(28,31)32)26-21-20-18(8-11-25-22(20)30)29(27-21)23(14-24)9-4-3-5-10-23/h6-8,11-12,15H,3-5,9-10,13H2,1-2H3,(H,25,30)(H,26,27). The van der Waals surface area contributed by atoms with Gasteiger partial charge in [-0.15, -0.1) is 0 Å². The molecule has 1 fully saturated rings. The summed E-state index contributed by atoms with van der Waals surface area (Å²) in [6.07, 6.45) is 5.91. The van der Waals surface area contributed by atoms with Gasteiger partial charge in [0.1, 0.15) is 10.9 Å². The Hall–Kier alpha value is -3.16.